The Morgan fingerprint density at radius 2 is 1.67 bits per heavy atom. The van der Waals surface area contributed by atoms with Crippen LogP contribution in [0.2, 0.25) is 10.0 Å². The highest BCUT2D eigenvalue weighted by molar-refractivity contribution is 6.43. The molecular formula is C21H14Cl2O. The van der Waals surface area contributed by atoms with Gasteiger partial charge in [-0.3, -0.25) is 0 Å². The van der Waals surface area contributed by atoms with Crippen molar-refractivity contribution in [3.63, 3.8) is 0 Å². The van der Waals surface area contributed by atoms with Crippen LogP contribution in [0.4, 0.5) is 0 Å². The van der Waals surface area contributed by atoms with E-state index in [2.05, 4.69) is 5.92 Å². The predicted molar refractivity (Wildman–Crippen MR) is 101 cm³/mol. The van der Waals surface area contributed by atoms with Crippen LogP contribution in [0.5, 0.6) is 5.75 Å². The van der Waals surface area contributed by atoms with Crippen LogP contribution in [0, 0.1) is 12.3 Å². The van der Waals surface area contributed by atoms with Crippen LogP contribution < -0.4 is 4.74 Å². The number of rotatable bonds is 4. The zero-order valence-electron chi connectivity index (χ0n) is 12.8. The third kappa shape index (κ3) is 3.57. The van der Waals surface area contributed by atoms with Crippen molar-refractivity contribution in [3.05, 3.63) is 87.9 Å². The first kappa shape index (κ1) is 16.5. The molecule has 0 bridgehead atoms. The Labute approximate surface area is 151 Å². The van der Waals surface area contributed by atoms with Gasteiger partial charge in [0.05, 0.1) is 10.0 Å². The topological polar surface area (TPSA) is 9.23 Å². The largest absolute Gasteiger partial charge is 0.488 e. The van der Waals surface area contributed by atoms with E-state index in [-0.39, 0.29) is 0 Å². The SMILES string of the molecule is C#Cc1ccc(-c2cccc(Cl)c2Cl)c(OCc2ccccc2)c1. The molecule has 0 atom stereocenters. The molecule has 0 aliphatic rings. The van der Waals surface area contributed by atoms with Crippen molar-refractivity contribution in [2.24, 2.45) is 0 Å². The van der Waals surface area contributed by atoms with E-state index >= 15 is 0 Å². The van der Waals surface area contributed by atoms with Gasteiger partial charge in [-0.25, -0.2) is 0 Å². The summed E-state index contributed by atoms with van der Waals surface area (Å²) in [5.41, 5.74) is 3.50. The lowest BCUT2D eigenvalue weighted by Gasteiger charge is -2.14. The van der Waals surface area contributed by atoms with Crippen molar-refractivity contribution in [1.82, 2.24) is 0 Å². The first-order valence-electron chi connectivity index (χ1n) is 7.41. The molecule has 0 fully saturated rings. The Bertz CT molecular complexity index is 895. The minimum absolute atomic E-state index is 0.444. The van der Waals surface area contributed by atoms with Crippen molar-refractivity contribution in [2.75, 3.05) is 0 Å². The second-order valence-corrected chi connectivity index (χ2v) is 6.02. The van der Waals surface area contributed by atoms with Gasteiger partial charge in [0.2, 0.25) is 0 Å². The average Bonchev–Trinajstić information content (AvgIpc) is 2.63. The maximum absolute atomic E-state index is 6.36. The highest BCUT2D eigenvalue weighted by Gasteiger charge is 2.13. The standard InChI is InChI=1S/C21H14Cl2O/c1-2-15-11-12-17(18-9-6-10-19(22)21(18)23)20(13-15)24-14-16-7-4-3-5-8-16/h1,3-13H,14H2. The maximum Gasteiger partial charge on any atom is 0.128 e. The summed E-state index contributed by atoms with van der Waals surface area (Å²) in [6.45, 7) is 0.444. The molecule has 118 valence electrons. The maximum atomic E-state index is 6.36. The van der Waals surface area contributed by atoms with Crippen molar-refractivity contribution in [3.8, 4) is 29.2 Å². The summed E-state index contributed by atoms with van der Waals surface area (Å²) in [6, 6.07) is 21.1. The molecule has 0 spiro atoms. The minimum Gasteiger partial charge on any atom is -0.488 e. The number of benzene rings is 3. The molecule has 3 aromatic carbocycles. The van der Waals surface area contributed by atoms with Gasteiger partial charge in [0.25, 0.3) is 0 Å². The molecule has 0 N–H and O–H groups in total. The Kier molecular flexibility index (Phi) is 5.11. The van der Waals surface area contributed by atoms with Gasteiger partial charge < -0.3 is 4.74 Å². The molecule has 0 aliphatic carbocycles. The monoisotopic (exact) mass is 352 g/mol. The Morgan fingerprint density at radius 3 is 2.42 bits per heavy atom. The van der Waals surface area contributed by atoms with E-state index in [1.54, 1.807) is 6.07 Å². The van der Waals surface area contributed by atoms with Crippen molar-refractivity contribution in [1.29, 1.82) is 0 Å². The van der Waals surface area contributed by atoms with Gasteiger partial charge in [-0.15, -0.1) is 6.42 Å². The number of ether oxygens (including phenoxy) is 1. The Hall–Kier alpha value is -2.40. The lowest BCUT2D eigenvalue weighted by Crippen LogP contribution is -1.98. The van der Waals surface area contributed by atoms with Crippen LogP contribution in [0.25, 0.3) is 11.1 Å². The van der Waals surface area contributed by atoms with E-state index in [1.807, 2.05) is 60.7 Å². The Balaban J connectivity index is 2.00. The summed E-state index contributed by atoms with van der Waals surface area (Å²) in [6.07, 6.45) is 5.52. The first-order valence-corrected chi connectivity index (χ1v) is 8.16. The second-order valence-electron chi connectivity index (χ2n) is 5.23. The molecule has 1 nitrogen and oxygen atoms in total. The lowest BCUT2D eigenvalue weighted by atomic mass is 10.0. The van der Waals surface area contributed by atoms with Gasteiger partial charge in [-0.2, -0.15) is 0 Å². The summed E-state index contributed by atoms with van der Waals surface area (Å²) in [5, 5.41) is 1.00. The van der Waals surface area contributed by atoms with E-state index in [0.29, 0.717) is 22.4 Å². The van der Waals surface area contributed by atoms with Crippen LogP contribution in [0.3, 0.4) is 0 Å². The van der Waals surface area contributed by atoms with Crippen LogP contribution in [-0.2, 0) is 6.61 Å². The van der Waals surface area contributed by atoms with E-state index in [1.165, 1.54) is 0 Å². The second kappa shape index (κ2) is 7.45. The summed E-state index contributed by atoms with van der Waals surface area (Å²) in [4.78, 5) is 0. The summed E-state index contributed by atoms with van der Waals surface area (Å²) in [7, 11) is 0. The minimum atomic E-state index is 0.444. The summed E-state index contributed by atoms with van der Waals surface area (Å²) in [5.74, 6) is 3.31. The molecule has 3 rings (SSSR count). The molecule has 0 radical (unpaired) electrons. The molecule has 0 saturated heterocycles. The number of hydrogen-bond donors (Lipinski definition) is 0. The number of hydrogen-bond acceptors (Lipinski definition) is 1. The third-order valence-electron chi connectivity index (χ3n) is 3.63. The summed E-state index contributed by atoms with van der Waals surface area (Å²) >= 11 is 12.5. The fourth-order valence-electron chi connectivity index (χ4n) is 2.40. The molecule has 0 heterocycles. The molecule has 0 amide bonds. The van der Waals surface area contributed by atoms with Crippen molar-refractivity contribution in [2.45, 2.75) is 6.61 Å². The van der Waals surface area contributed by atoms with Gasteiger partial charge in [0.15, 0.2) is 0 Å². The number of terminal acetylenes is 1. The van der Waals surface area contributed by atoms with Crippen LogP contribution in [0.15, 0.2) is 66.7 Å². The van der Waals surface area contributed by atoms with Gasteiger partial charge in [-0.05, 0) is 29.8 Å². The van der Waals surface area contributed by atoms with Crippen LogP contribution in [-0.4, -0.2) is 0 Å². The lowest BCUT2D eigenvalue weighted by molar-refractivity contribution is 0.307. The molecule has 0 saturated carbocycles. The van der Waals surface area contributed by atoms with E-state index < -0.39 is 0 Å². The normalized spacial score (nSPS) is 10.2. The van der Waals surface area contributed by atoms with Gasteiger partial charge >= 0.3 is 0 Å². The predicted octanol–water partition coefficient (Wildman–Crippen LogP) is 6.22. The number of halogens is 2. The van der Waals surface area contributed by atoms with Gasteiger partial charge in [0, 0.05) is 16.7 Å². The van der Waals surface area contributed by atoms with Crippen molar-refractivity contribution < 1.29 is 4.74 Å². The molecule has 0 unspecified atom stereocenters. The van der Waals surface area contributed by atoms with E-state index in [0.717, 1.165) is 22.3 Å². The molecule has 0 aromatic heterocycles. The van der Waals surface area contributed by atoms with Crippen LogP contribution >= 0.6 is 23.2 Å². The molecule has 3 aromatic rings. The fraction of sp³-hybridized carbons (Fsp3) is 0.0476. The summed E-state index contributed by atoms with van der Waals surface area (Å²) < 4.78 is 6.02. The smallest absolute Gasteiger partial charge is 0.128 e. The molecular weight excluding hydrogens is 339 g/mol. The van der Waals surface area contributed by atoms with E-state index in [9.17, 15) is 0 Å². The zero-order chi connectivity index (χ0) is 16.9. The quantitative estimate of drug-likeness (QED) is 0.506. The van der Waals surface area contributed by atoms with Crippen LogP contribution in [0.1, 0.15) is 11.1 Å². The Morgan fingerprint density at radius 1 is 0.875 bits per heavy atom. The zero-order valence-corrected chi connectivity index (χ0v) is 14.3. The van der Waals surface area contributed by atoms with Gasteiger partial charge in [-0.1, -0.05) is 71.6 Å². The first-order chi connectivity index (χ1) is 11.7. The van der Waals surface area contributed by atoms with Crippen molar-refractivity contribution >= 4 is 23.2 Å². The third-order valence-corrected chi connectivity index (χ3v) is 4.45. The van der Waals surface area contributed by atoms with Gasteiger partial charge in [0.1, 0.15) is 12.4 Å². The molecule has 3 heteroatoms. The molecule has 24 heavy (non-hydrogen) atoms. The van der Waals surface area contributed by atoms with E-state index in [4.69, 9.17) is 34.4 Å². The fourth-order valence-corrected chi connectivity index (χ4v) is 2.80. The highest BCUT2D eigenvalue weighted by Crippen LogP contribution is 2.38. The highest BCUT2D eigenvalue weighted by atomic mass is 35.5. The average molecular weight is 353 g/mol. The molecule has 0 aliphatic heterocycles.